The molecule has 7 heteroatoms. The third-order valence-corrected chi connectivity index (χ3v) is 4.25. The van der Waals surface area contributed by atoms with Gasteiger partial charge in [0.1, 0.15) is 0 Å². The van der Waals surface area contributed by atoms with Gasteiger partial charge in [-0.05, 0) is 43.2 Å². The van der Waals surface area contributed by atoms with Gasteiger partial charge in [-0.15, -0.1) is 24.0 Å². The van der Waals surface area contributed by atoms with Gasteiger partial charge in [-0.3, -0.25) is 4.99 Å². The van der Waals surface area contributed by atoms with Crippen molar-refractivity contribution in [1.82, 2.24) is 25.0 Å². The zero-order valence-corrected chi connectivity index (χ0v) is 18.6. The zero-order valence-electron chi connectivity index (χ0n) is 16.2. The van der Waals surface area contributed by atoms with Gasteiger partial charge in [-0.1, -0.05) is 18.2 Å². The van der Waals surface area contributed by atoms with Crippen LogP contribution in [0.5, 0.6) is 0 Å². The van der Waals surface area contributed by atoms with Crippen molar-refractivity contribution in [3.8, 4) is 5.69 Å². The number of aromatic nitrogens is 3. The van der Waals surface area contributed by atoms with Crippen molar-refractivity contribution in [2.45, 2.75) is 26.9 Å². The highest BCUT2D eigenvalue weighted by molar-refractivity contribution is 14.0. The van der Waals surface area contributed by atoms with E-state index in [1.165, 1.54) is 11.1 Å². The summed E-state index contributed by atoms with van der Waals surface area (Å²) < 4.78 is 4.03. The maximum atomic E-state index is 4.61. The fourth-order valence-corrected chi connectivity index (χ4v) is 2.99. The molecule has 144 valence electrons. The molecular weight excluding hydrogens is 451 g/mol. The second-order valence-corrected chi connectivity index (χ2v) is 6.43. The lowest BCUT2D eigenvalue weighted by Gasteiger charge is -2.15. The number of rotatable bonds is 5. The first-order chi connectivity index (χ1) is 12.6. The van der Waals surface area contributed by atoms with Crippen LogP contribution in [-0.2, 0) is 20.1 Å². The normalized spacial score (nSPS) is 11.2. The second kappa shape index (κ2) is 9.59. The Kier molecular flexibility index (Phi) is 7.46. The van der Waals surface area contributed by atoms with Crippen LogP contribution >= 0.6 is 24.0 Å². The van der Waals surface area contributed by atoms with Crippen LogP contribution in [0.25, 0.3) is 5.69 Å². The van der Waals surface area contributed by atoms with Gasteiger partial charge in [0, 0.05) is 45.3 Å². The third kappa shape index (κ3) is 5.35. The first kappa shape index (κ1) is 21.0. The van der Waals surface area contributed by atoms with Crippen molar-refractivity contribution < 1.29 is 0 Å². The quantitative estimate of drug-likeness (QED) is 0.336. The number of hydrogen-bond donors (Lipinski definition) is 2. The fourth-order valence-electron chi connectivity index (χ4n) is 2.99. The predicted molar refractivity (Wildman–Crippen MR) is 121 cm³/mol. The smallest absolute Gasteiger partial charge is 0.191 e. The van der Waals surface area contributed by atoms with E-state index in [9.17, 15) is 0 Å². The molecule has 0 saturated carbocycles. The van der Waals surface area contributed by atoms with Crippen molar-refractivity contribution in [2.75, 3.05) is 7.05 Å². The monoisotopic (exact) mass is 478 g/mol. The number of nitrogens with one attached hydrogen (secondary N) is 2. The number of aliphatic imine (C=N–C) groups is 1. The molecule has 0 amide bonds. The number of halogens is 1. The summed E-state index contributed by atoms with van der Waals surface area (Å²) in [6, 6.07) is 12.5. The first-order valence-electron chi connectivity index (χ1n) is 8.73. The molecule has 2 N–H and O–H groups in total. The lowest BCUT2D eigenvalue weighted by Crippen LogP contribution is -2.36. The van der Waals surface area contributed by atoms with Gasteiger partial charge in [0.2, 0.25) is 0 Å². The largest absolute Gasteiger partial charge is 0.357 e. The molecule has 3 rings (SSSR count). The van der Waals surface area contributed by atoms with Gasteiger partial charge in [-0.25, -0.2) is 4.68 Å². The predicted octanol–water partition coefficient (Wildman–Crippen LogP) is 3.31. The minimum atomic E-state index is 0. The van der Waals surface area contributed by atoms with Gasteiger partial charge in [0.05, 0.1) is 11.4 Å². The molecule has 0 spiro atoms. The minimum Gasteiger partial charge on any atom is -0.357 e. The molecule has 0 bridgehead atoms. The third-order valence-electron chi connectivity index (χ3n) is 4.25. The van der Waals surface area contributed by atoms with Crippen LogP contribution in [-0.4, -0.2) is 27.4 Å². The summed E-state index contributed by atoms with van der Waals surface area (Å²) in [4.78, 5) is 4.31. The van der Waals surface area contributed by atoms with Crippen LogP contribution in [0, 0.1) is 13.8 Å². The molecule has 2 aromatic heterocycles. The summed E-state index contributed by atoms with van der Waals surface area (Å²) in [6.45, 7) is 5.49. The first-order valence-corrected chi connectivity index (χ1v) is 8.73. The number of guanidine groups is 1. The van der Waals surface area contributed by atoms with E-state index in [1.807, 2.05) is 41.5 Å². The van der Waals surface area contributed by atoms with Crippen LogP contribution < -0.4 is 10.6 Å². The Morgan fingerprint density at radius 3 is 2.48 bits per heavy atom. The molecule has 0 aliphatic rings. The topological polar surface area (TPSA) is 59.2 Å². The van der Waals surface area contributed by atoms with Gasteiger partial charge < -0.3 is 15.2 Å². The van der Waals surface area contributed by atoms with Crippen LogP contribution in [0.3, 0.4) is 0 Å². The average molecular weight is 478 g/mol. The number of para-hydroxylation sites is 1. The molecule has 1 aromatic carbocycles. The van der Waals surface area contributed by atoms with Crippen LogP contribution in [0.1, 0.15) is 22.5 Å². The maximum Gasteiger partial charge on any atom is 0.191 e. The summed E-state index contributed by atoms with van der Waals surface area (Å²) in [7, 11) is 3.81. The summed E-state index contributed by atoms with van der Waals surface area (Å²) in [5.41, 5.74) is 5.62. The molecule has 3 aromatic rings. The van der Waals surface area contributed by atoms with Crippen molar-refractivity contribution in [2.24, 2.45) is 12.0 Å². The van der Waals surface area contributed by atoms with E-state index in [0.29, 0.717) is 6.54 Å². The van der Waals surface area contributed by atoms with Crippen molar-refractivity contribution in [3.63, 3.8) is 0 Å². The van der Waals surface area contributed by atoms with Gasteiger partial charge in [0.15, 0.2) is 5.96 Å². The molecule has 2 heterocycles. The standard InChI is InChI=1S/C20H26N6.HI/c1-15-11-16(2)26(24-15)19-8-6-5-7-18(19)13-23-20(21-3)22-12-17-9-10-25(4)14-17;/h5-11,14H,12-13H2,1-4H3,(H2,21,22,23);1H. The van der Waals surface area contributed by atoms with Crippen LogP contribution in [0.4, 0.5) is 0 Å². The van der Waals surface area contributed by atoms with Gasteiger partial charge in [-0.2, -0.15) is 5.10 Å². The maximum absolute atomic E-state index is 4.61. The average Bonchev–Trinajstić information content (AvgIpc) is 3.20. The zero-order chi connectivity index (χ0) is 18.5. The van der Waals surface area contributed by atoms with E-state index in [0.717, 1.165) is 29.6 Å². The summed E-state index contributed by atoms with van der Waals surface area (Å²) in [5, 5.41) is 11.3. The van der Waals surface area contributed by atoms with Gasteiger partial charge in [0.25, 0.3) is 0 Å². The molecule has 0 fully saturated rings. The van der Waals surface area contributed by atoms with E-state index >= 15 is 0 Å². The van der Waals surface area contributed by atoms with Crippen molar-refractivity contribution in [1.29, 1.82) is 0 Å². The Morgan fingerprint density at radius 1 is 1.11 bits per heavy atom. The molecule has 0 saturated heterocycles. The van der Waals surface area contributed by atoms with E-state index in [4.69, 9.17) is 0 Å². The Labute approximate surface area is 177 Å². The lowest BCUT2D eigenvalue weighted by molar-refractivity contribution is 0.780. The lowest BCUT2D eigenvalue weighted by atomic mass is 10.1. The van der Waals surface area contributed by atoms with E-state index < -0.39 is 0 Å². The molecule has 27 heavy (non-hydrogen) atoms. The highest BCUT2D eigenvalue weighted by Crippen LogP contribution is 2.16. The number of nitrogens with zero attached hydrogens (tertiary/aromatic N) is 4. The minimum absolute atomic E-state index is 0. The van der Waals surface area contributed by atoms with E-state index in [-0.39, 0.29) is 24.0 Å². The van der Waals surface area contributed by atoms with Crippen LogP contribution in [0.15, 0.2) is 53.8 Å². The molecule has 0 aliphatic heterocycles. The molecule has 0 aliphatic carbocycles. The Hall–Kier alpha value is -2.29. The Balaban J connectivity index is 0.00000261. The number of hydrogen-bond acceptors (Lipinski definition) is 2. The summed E-state index contributed by atoms with van der Waals surface area (Å²) in [6.07, 6.45) is 4.14. The molecular formula is C20H27IN6. The fraction of sp³-hybridized carbons (Fsp3) is 0.300. The molecule has 0 unspecified atom stereocenters. The van der Waals surface area contributed by atoms with Crippen molar-refractivity contribution in [3.05, 3.63) is 71.3 Å². The second-order valence-electron chi connectivity index (χ2n) is 6.43. The van der Waals surface area contributed by atoms with Crippen LogP contribution in [0.2, 0.25) is 0 Å². The highest BCUT2D eigenvalue weighted by atomic mass is 127. The SMILES string of the molecule is CN=C(NCc1ccn(C)c1)NCc1ccccc1-n1nc(C)cc1C.I. The summed E-state index contributed by atoms with van der Waals surface area (Å²) >= 11 is 0. The Morgan fingerprint density at radius 2 is 1.85 bits per heavy atom. The molecule has 0 radical (unpaired) electrons. The Bertz CT molecular complexity index is 909. The highest BCUT2D eigenvalue weighted by Gasteiger charge is 2.09. The molecule has 6 nitrogen and oxygen atoms in total. The molecule has 0 atom stereocenters. The summed E-state index contributed by atoms with van der Waals surface area (Å²) in [5.74, 6) is 0.775. The number of benzene rings is 1. The van der Waals surface area contributed by atoms with E-state index in [2.05, 4.69) is 58.1 Å². The van der Waals surface area contributed by atoms with Crippen molar-refractivity contribution >= 4 is 29.9 Å². The number of aryl methyl sites for hydroxylation is 3. The van der Waals surface area contributed by atoms with E-state index in [1.54, 1.807) is 7.05 Å². The van der Waals surface area contributed by atoms with Gasteiger partial charge >= 0.3 is 0 Å².